The summed E-state index contributed by atoms with van der Waals surface area (Å²) in [6.45, 7) is 9.44. The lowest BCUT2D eigenvalue weighted by Crippen LogP contribution is -2.60. The van der Waals surface area contributed by atoms with Crippen molar-refractivity contribution in [2.45, 2.75) is 45.3 Å². The monoisotopic (exact) mass is 311 g/mol. The first-order valence-corrected chi connectivity index (χ1v) is 8.26. The summed E-state index contributed by atoms with van der Waals surface area (Å²) < 4.78 is 5.62. The minimum Gasteiger partial charge on any atom is -0.362 e. The number of likely N-dealkylation sites (tertiary alicyclic amines) is 1. The predicted octanol–water partition coefficient (Wildman–Crippen LogP) is 0.470. The molecule has 0 aromatic heterocycles. The minimum atomic E-state index is -0.929. The molecule has 2 fully saturated rings. The number of amides is 2. The zero-order chi connectivity index (χ0) is 16.3. The number of piperidine rings is 1. The normalized spacial score (nSPS) is 28.0. The summed E-state index contributed by atoms with van der Waals surface area (Å²) in [5.41, 5.74) is -0.929. The highest BCUT2D eigenvalue weighted by Crippen LogP contribution is 2.24. The standard InChI is InChI=1S/C16H29N3O3/c1-12(2)18-7-5-13(6-8-18)14(20)19-9-10-22-16(3,11-19)15(21)17-4/h12-13H,5-11H2,1-4H3,(H,17,21)/t16-/m1/s1. The quantitative estimate of drug-likeness (QED) is 0.823. The second-order valence-electron chi connectivity index (χ2n) is 6.82. The Kier molecular flexibility index (Phi) is 5.45. The zero-order valence-electron chi connectivity index (χ0n) is 14.2. The minimum absolute atomic E-state index is 0.0852. The molecule has 2 amide bonds. The Bertz CT molecular complexity index is 419. The molecular formula is C16H29N3O3. The summed E-state index contributed by atoms with van der Waals surface area (Å²) in [4.78, 5) is 28.9. The molecule has 0 spiro atoms. The van der Waals surface area contributed by atoms with E-state index in [1.165, 1.54) is 0 Å². The molecule has 22 heavy (non-hydrogen) atoms. The molecule has 2 aliphatic rings. The first kappa shape index (κ1) is 17.2. The number of carbonyl (C=O) groups excluding carboxylic acids is 2. The number of hydrogen-bond donors (Lipinski definition) is 1. The van der Waals surface area contributed by atoms with Gasteiger partial charge in [-0.2, -0.15) is 0 Å². The zero-order valence-corrected chi connectivity index (χ0v) is 14.2. The van der Waals surface area contributed by atoms with Crippen LogP contribution in [0.4, 0.5) is 0 Å². The lowest BCUT2D eigenvalue weighted by atomic mass is 9.93. The Labute approximate surface area is 133 Å². The summed E-state index contributed by atoms with van der Waals surface area (Å²) in [5.74, 6) is 0.100. The lowest BCUT2D eigenvalue weighted by Gasteiger charge is -2.41. The fourth-order valence-electron chi connectivity index (χ4n) is 3.38. The van der Waals surface area contributed by atoms with Crippen LogP contribution in [0.2, 0.25) is 0 Å². The topological polar surface area (TPSA) is 61.9 Å². The van der Waals surface area contributed by atoms with Gasteiger partial charge in [-0.3, -0.25) is 9.59 Å². The van der Waals surface area contributed by atoms with Crippen LogP contribution >= 0.6 is 0 Å². The van der Waals surface area contributed by atoms with E-state index in [1.807, 2.05) is 4.90 Å². The van der Waals surface area contributed by atoms with Gasteiger partial charge in [-0.25, -0.2) is 0 Å². The third kappa shape index (κ3) is 3.60. The van der Waals surface area contributed by atoms with Gasteiger partial charge in [0.05, 0.1) is 13.2 Å². The van der Waals surface area contributed by atoms with Gasteiger partial charge in [-0.1, -0.05) is 0 Å². The Balaban J connectivity index is 1.94. The molecule has 0 aliphatic carbocycles. The van der Waals surface area contributed by atoms with E-state index in [-0.39, 0.29) is 17.7 Å². The SMILES string of the molecule is CNC(=O)[C@@]1(C)CN(C(=O)C2CCN(C(C)C)CC2)CCO1. The molecule has 6 nitrogen and oxygen atoms in total. The fraction of sp³-hybridized carbons (Fsp3) is 0.875. The van der Waals surface area contributed by atoms with Gasteiger partial charge in [-0.15, -0.1) is 0 Å². The van der Waals surface area contributed by atoms with Crippen LogP contribution in [0.5, 0.6) is 0 Å². The Morgan fingerprint density at radius 3 is 2.41 bits per heavy atom. The highest BCUT2D eigenvalue weighted by atomic mass is 16.5. The molecule has 0 aromatic carbocycles. The van der Waals surface area contributed by atoms with E-state index in [4.69, 9.17) is 4.74 Å². The predicted molar refractivity (Wildman–Crippen MR) is 84.4 cm³/mol. The van der Waals surface area contributed by atoms with E-state index in [0.29, 0.717) is 25.7 Å². The second kappa shape index (κ2) is 6.96. The van der Waals surface area contributed by atoms with E-state index in [9.17, 15) is 9.59 Å². The number of ether oxygens (including phenoxy) is 1. The molecule has 0 aromatic rings. The highest BCUT2D eigenvalue weighted by molar-refractivity contribution is 5.86. The van der Waals surface area contributed by atoms with Crippen LogP contribution in [0.1, 0.15) is 33.6 Å². The number of nitrogens with one attached hydrogen (secondary N) is 1. The molecule has 126 valence electrons. The summed E-state index contributed by atoms with van der Waals surface area (Å²) in [5, 5.41) is 2.62. The van der Waals surface area contributed by atoms with Crippen LogP contribution in [0.25, 0.3) is 0 Å². The van der Waals surface area contributed by atoms with Crippen molar-refractivity contribution in [3.63, 3.8) is 0 Å². The number of likely N-dealkylation sites (N-methyl/N-ethyl adjacent to an activating group) is 1. The molecule has 1 atom stereocenters. The Morgan fingerprint density at radius 2 is 1.86 bits per heavy atom. The molecule has 0 unspecified atom stereocenters. The van der Waals surface area contributed by atoms with Crippen molar-refractivity contribution in [3.8, 4) is 0 Å². The van der Waals surface area contributed by atoms with Gasteiger partial charge in [0.15, 0.2) is 5.60 Å². The van der Waals surface area contributed by atoms with Gasteiger partial charge < -0.3 is 19.9 Å². The van der Waals surface area contributed by atoms with E-state index < -0.39 is 5.60 Å². The van der Waals surface area contributed by atoms with Gasteiger partial charge in [0, 0.05) is 25.6 Å². The van der Waals surface area contributed by atoms with Crippen LogP contribution in [0.15, 0.2) is 0 Å². The first-order chi connectivity index (χ1) is 10.4. The van der Waals surface area contributed by atoms with Crippen molar-refractivity contribution in [2.24, 2.45) is 5.92 Å². The third-order valence-electron chi connectivity index (χ3n) is 4.90. The molecule has 2 saturated heterocycles. The molecule has 6 heteroatoms. The largest absolute Gasteiger partial charge is 0.362 e. The van der Waals surface area contributed by atoms with Gasteiger partial charge >= 0.3 is 0 Å². The summed E-state index contributed by atoms with van der Waals surface area (Å²) in [7, 11) is 1.60. The highest BCUT2D eigenvalue weighted by Gasteiger charge is 2.41. The molecule has 1 N–H and O–H groups in total. The van der Waals surface area contributed by atoms with E-state index in [1.54, 1.807) is 14.0 Å². The van der Waals surface area contributed by atoms with Crippen LogP contribution in [0, 0.1) is 5.92 Å². The maximum absolute atomic E-state index is 12.7. The molecule has 2 aliphatic heterocycles. The molecule has 0 bridgehead atoms. The number of morpholine rings is 1. The van der Waals surface area contributed by atoms with E-state index >= 15 is 0 Å². The van der Waals surface area contributed by atoms with Gasteiger partial charge in [-0.05, 0) is 46.7 Å². The molecule has 2 rings (SSSR count). The number of rotatable bonds is 3. The average molecular weight is 311 g/mol. The summed E-state index contributed by atoms with van der Waals surface area (Å²) >= 11 is 0. The van der Waals surface area contributed by atoms with Crippen LogP contribution < -0.4 is 5.32 Å². The number of nitrogens with zero attached hydrogens (tertiary/aromatic N) is 2. The van der Waals surface area contributed by atoms with Crippen LogP contribution in [-0.2, 0) is 14.3 Å². The summed E-state index contributed by atoms with van der Waals surface area (Å²) in [6, 6.07) is 0.538. The fourth-order valence-corrected chi connectivity index (χ4v) is 3.38. The van der Waals surface area contributed by atoms with Crippen molar-refractivity contribution in [1.29, 1.82) is 0 Å². The van der Waals surface area contributed by atoms with Gasteiger partial charge in [0.1, 0.15) is 0 Å². The average Bonchev–Trinajstić information content (AvgIpc) is 2.53. The maximum atomic E-state index is 12.7. The molecular weight excluding hydrogens is 282 g/mol. The van der Waals surface area contributed by atoms with Crippen LogP contribution in [-0.4, -0.2) is 73.1 Å². The van der Waals surface area contributed by atoms with Crippen LogP contribution in [0.3, 0.4) is 0 Å². The number of hydrogen-bond acceptors (Lipinski definition) is 4. The Hall–Kier alpha value is -1.14. The number of carbonyl (C=O) groups is 2. The van der Waals surface area contributed by atoms with E-state index in [0.717, 1.165) is 25.9 Å². The van der Waals surface area contributed by atoms with Crippen molar-refractivity contribution >= 4 is 11.8 Å². The maximum Gasteiger partial charge on any atom is 0.253 e. The third-order valence-corrected chi connectivity index (χ3v) is 4.90. The Morgan fingerprint density at radius 1 is 1.23 bits per heavy atom. The van der Waals surface area contributed by atoms with E-state index in [2.05, 4.69) is 24.1 Å². The van der Waals surface area contributed by atoms with Crippen molar-refractivity contribution in [3.05, 3.63) is 0 Å². The van der Waals surface area contributed by atoms with Gasteiger partial charge in [0.2, 0.25) is 5.91 Å². The van der Waals surface area contributed by atoms with Gasteiger partial charge in [0.25, 0.3) is 5.91 Å². The first-order valence-electron chi connectivity index (χ1n) is 8.26. The second-order valence-corrected chi connectivity index (χ2v) is 6.82. The molecule has 0 saturated carbocycles. The molecule has 0 radical (unpaired) electrons. The smallest absolute Gasteiger partial charge is 0.253 e. The van der Waals surface area contributed by atoms with Crippen molar-refractivity contribution in [1.82, 2.24) is 15.1 Å². The van der Waals surface area contributed by atoms with Crippen molar-refractivity contribution < 1.29 is 14.3 Å². The molecule has 2 heterocycles. The van der Waals surface area contributed by atoms with Crippen molar-refractivity contribution in [2.75, 3.05) is 39.8 Å². The lowest BCUT2D eigenvalue weighted by molar-refractivity contribution is -0.165. The summed E-state index contributed by atoms with van der Waals surface area (Å²) in [6.07, 6.45) is 1.82.